The quantitative estimate of drug-likeness (QED) is 0.851. The van der Waals surface area contributed by atoms with Gasteiger partial charge in [0.05, 0.1) is 13.2 Å². The van der Waals surface area contributed by atoms with Crippen molar-refractivity contribution >= 4 is 27.4 Å². The molecule has 0 fully saturated rings. The van der Waals surface area contributed by atoms with Crippen LogP contribution in [0.5, 0.6) is 0 Å². The van der Waals surface area contributed by atoms with Crippen molar-refractivity contribution in [2.45, 2.75) is 26.8 Å². The van der Waals surface area contributed by atoms with Crippen LogP contribution in [0.15, 0.2) is 24.3 Å². The van der Waals surface area contributed by atoms with Gasteiger partial charge in [-0.3, -0.25) is 10.1 Å². The van der Waals surface area contributed by atoms with Crippen LogP contribution in [-0.4, -0.2) is 19.1 Å². The first-order chi connectivity index (χ1) is 9.13. The number of rotatable bonds is 5. The molecule has 1 N–H and O–H groups in total. The Hall–Kier alpha value is -1.39. The molecule has 0 aliphatic carbocycles. The Bertz CT molecular complexity index is 577. The van der Waals surface area contributed by atoms with Crippen LogP contribution < -0.4 is 5.32 Å². The Morgan fingerprint density at radius 1 is 1.42 bits per heavy atom. The summed E-state index contributed by atoms with van der Waals surface area (Å²) < 4.78 is 6.21. The summed E-state index contributed by atoms with van der Waals surface area (Å²) >= 11 is 1.78. The molecule has 0 aliphatic rings. The zero-order chi connectivity index (χ0) is 13.8. The first kappa shape index (κ1) is 14.0. The minimum absolute atomic E-state index is 0.154. The number of hydrogen-bond acceptors (Lipinski definition) is 4. The normalized spacial score (nSPS) is 12.6. The van der Waals surface area contributed by atoms with Crippen LogP contribution in [0, 0.1) is 6.92 Å². The van der Waals surface area contributed by atoms with Crippen LogP contribution in [0.4, 0.5) is 0 Å². The highest BCUT2D eigenvalue weighted by Crippen LogP contribution is 2.34. The van der Waals surface area contributed by atoms with E-state index in [0.717, 1.165) is 0 Å². The Balaban J connectivity index is 2.11. The molecule has 102 valence electrons. The lowest BCUT2D eigenvalue weighted by atomic mass is 10.1. The van der Waals surface area contributed by atoms with Gasteiger partial charge in [0.15, 0.2) is 0 Å². The number of benzene rings is 1. The Morgan fingerprint density at radius 2 is 2.16 bits per heavy atom. The number of carbonyl (C=O) groups is 1. The lowest BCUT2D eigenvalue weighted by Gasteiger charge is -2.12. The maximum atomic E-state index is 11.4. The molecule has 2 aromatic rings. The second-order valence-electron chi connectivity index (χ2n) is 4.50. The predicted octanol–water partition coefficient (Wildman–Crippen LogP) is 3.42. The highest BCUT2D eigenvalue weighted by Gasteiger charge is 2.15. The number of fused-ring (bicyclic) bond motifs is 1. The molecule has 19 heavy (non-hydrogen) atoms. The lowest BCUT2D eigenvalue weighted by molar-refractivity contribution is -0.142. The molecule has 1 heterocycles. The van der Waals surface area contributed by atoms with Crippen molar-refractivity contribution in [3.8, 4) is 0 Å². The molecule has 1 aromatic carbocycles. The van der Waals surface area contributed by atoms with Gasteiger partial charge in [-0.1, -0.05) is 18.2 Å². The number of thiophene rings is 1. The standard InChI is InChI=1S/C15H19NO2S/c1-4-18-14(17)9-16-11(3)15-10(2)12-7-5-6-8-13(12)19-15/h5-8,11,16H,4,9H2,1-3H3. The fraction of sp³-hybridized carbons (Fsp3) is 0.400. The zero-order valence-electron chi connectivity index (χ0n) is 11.5. The van der Waals surface area contributed by atoms with Crippen molar-refractivity contribution in [2.24, 2.45) is 0 Å². The average Bonchev–Trinajstić information content (AvgIpc) is 2.74. The monoisotopic (exact) mass is 277 g/mol. The van der Waals surface area contributed by atoms with E-state index in [9.17, 15) is 4.79 Å². The van der Waals surface area contributed by atoms with Crippen LogP contribution in [0.2, 0.25) is 0 Å². The van der Waals surface area contributed by atoms with Crippen LogP contribution in [0.1, 0.15) is 30.3 Å². The van der Waals surface area contributed by atoms with Crippen molar-refractivity contribution in [2.75, 3.05) is 13.2 Å². The summed E-state index contributed by atoms with van der Waals surface area (Å²) in [4.78, 5) is 12.6. The average molecular weight is 277 g/mol. The second kappa shape index (κ2) is 6.17. The topological polar surface area (TPSA) is 38.3 Å². The van der Waals surface area contributed by atoms with Gasteiger partial charge < -0.3 is 4.74 Å². The third-order valence-electron chi connectivity index (χ3n) is 3.13. The van der Waals surface area contributed by atoms with Crippen molar-refractivity contribution in [3.05, 3.63) is 34.7 Å². The largest absolute Gasteiger partial charge is 0.465 e. The van der Waals surface area contributed by atoms with Crippen molar-refractivity contribution in [3.63, 3.8) is 0 Å². The predicted molar refractivity (Wildman–Crippen MR) is 79.6 cm³/mol. The second-order valence-corrected chi connectivity index (χ2v) is 5.58. The Labute approximate surface area is 117 Å². The molecule has 0 bridgehead atoms. The molecule has 2 rings (SSSR count). The van der Waals surface area contributed by atoms with E-state index in [1.807, 2.05) is 6.92 Å². The summed E-state index contributed by atoms with van der Waals surface area (Å²) in [5.41, 5.74) is 1.30. The van der Waals surface area contributed by atoms with E-state index in [-0.39, 0.29) is 18.6 Å². The molecule has 1 atom stereocenters. The van der Waals surface area contributed by atoms with Crippen molar-refractivity contribution < 1.29 is 9.53 Å². The fourth-order valence-corrected chi connectivity index (χ4v) is 3.39. The molecule has 0 saturated carbocycles. The van der Waals surface area contributed by atoms with Crippen LogP contribution >= 0.6 is 11.3 Å². The van der Waals surface area contributed by atoms with Gasteiger partial charge in [0.2, 0.25) is 0 Å². The minimum atomic E-state index is -0.201. The smallest absolute Gasteiger partial charge is 0.319 e. The van der Waals surface area contributed by atoms with Crippen LogP contribution in [0.3, 0.4) is 0 Å². The number of aryl methyl sites for hydroxylation is 1. The first-order valence-corrected chi connectivity index (χ1v) is 7.32. The van der Waals surface area contributed by atoms with E-state index in [0.29, 0.717) is 6.61 Å². The molecule has 1 unspecified atom stereocenters. The fourth-order valence-electron chi connectivity index (χ4n) is 2.15. The summed E-state index contributed by atoms with van der Waals surface area (Å²) in [6.07, 6.45) is 0. The zero-order valence-corrected chi connectivity index (χ0v) is 12.3. The van der Waals surface area contributed by atoms with Gasteiger partial charge in [-0.25, -0.2) is 0 Å². The van der Waals surface area contributed by atoms with E-state index in [4.69, 9.17) is 4.74 Å². The van der Waals surface area contributed by atoms with Gasteiger partial charge in [0.25, 0.3) is 0 Å². The molecule has 0 spiro atoms. The van der Waals surface area contributed by atoms with Crippen molar-refractivity contribution in [1.29, 1.82) is 0 Å². The number of carbonyl (C=O) groups excluding carboxylic acids is 1. The highest BCUT2D eigenvalue weighted by atomic mass is 32.1. The van der Waals surface area contributed by atoms with Gasteiger partial charge in [-0.05, 0) is 37.8 Å². The van der Waals surface area contributed by atoms with Gasteiger partial charge >= 0.3 is 5.97 Å². The van der Waals surface area contributed by atoms with Crippen LogP contribution in [-0.2, 0) is 9.53 Å². The molecule has 0 amide bonds. The van der Waals surface area contributed by atoms with Crippen molar-refractivity contribution in [1.82, 2.24) is 5.32 Å². The summed E-state index contributed by atoms with van der Waals surface area (Å²) in [7, 11) is 0. The van der Waals surface area contributed by atoms with E-state index in [1.165, 1.54) is 20.5 Å². The molecule has 0 aliphatic heterocycles. The van der Waals surface area contributed by atoms with E-state index < -0.39 is 0 Å². The van der Waals surface area contributed by atoms with E-state index >= 15 is 0 Å². The molecule has 4 heteroatoms. The molecule has 0 radical (unpaired) electrons. The number of esters is 1. The molecular weight excluding hydrogens is 258 g/mol. The third-order valence-corrected chi connectivity index (χ3v) is 4.59. The van der Waals surface area contributed by atoms with Gasteiger partial charge in [-0.15, -0.1) is 11.3 Å². The maximum Gasteiger partial charge on any atom is 0.319 e. The first-order valence-electron chi connectivity index (χ1n) is 6.50. The van der Waals surface area contributed by atoms with E-state index in [2.05, 4.69) is 43.4 Å². The number of nitrogens with one attached hydrogen (secondary N) is 1. The van der Waals surface area contributed by atoms with Crippen LogP contribution in [0.25, 0.3) is 10.1 Å². The summed E-state index contributed by atoms with van der Waals surface area (Å²) in [5, 5.41) is 4.52. The van der Waals surface area contributed by atoms with Gasteiger partial charge in [-0.2, -0.15) is 0 Å². The molecular formula is C15H19NO2S. The molecule has 1 aromatic heterocycles. The summed E-state index contributed by atoms with van der Waals surface area (Å²) in [5.74, 6) is -0.201. The number of ether oxygens (including phenoxy) is 1. The maximum absolute atomic E-state index is 11.4. The summed E-state index contributed by atoms with van der Waals surface area (Å²) in [6, 6.07) is 8.54. The Kier molecular flexibility index (Phi) is 4.56. The minimum Gasteiger partial charge on any atom is -0.465 e. The lowest BCUT2D eigenvalue weighted by Crippen LogP contribution is -2.27. The van der Waals surface area contributed by atoms with Gasteiger partial charge in [0.1, 0.15) is 0 Å². The highest BCUT2D eigenvalue weighted by molar-refractivity contribution is 7.19. The number of hydrogen-bond donors (Lipinski definition) is 1. The molecule has 0 saturated heterocycles. The SMILES string of the molecule is CCOC(=O)CNC(C)c1sc2ccccc2c1C. The third kappa shape index (κ3) is 3.14. The van der Waals surface area contributed by atoms with E-state index in [1.54, 1.807) is 11.3 Å². The Morgan fingerprint density at radius 3 is 2.84 bits per heavy atom. The molecule has 3 nitrogen and oxygen atoms in total. The van der Waals surface area contributed by atoms with Gasteiger partial charge in [0, 0.05) is 15.6 Å². The summed E-state index contributed by atoms with van der Waals surface area (Å²) in [6.45, 7) is 6.71.